The largest absolute Gasteiger partial charge is 0.381 e. The van der Waals surface area contributed by atoms with Gasteiger partial charge in [0.25, 0.3) is 0 Å². The van der Waals surface area contributed by atoms with Crippen LogP contribution in [-0.4, -0.2) is 31.7 Å². The third-order valence-corrected chi connectivity index (χ3v) is 5.24. The zero-order valence-corrected chi connectivity index (χ0v) is 12.8. The van der Waals surface area contributed by atoms with Crippen LogP contribution in [0, 0.1) is 11.3 Å². The van der Waals surface area contributed by atoms with E-state index < -0.39 is 0 Å². The van der Waals surface area contributed by atoms with Crippen molar-refractivity contribution in [1.29, 1.82) is 0 Å². The van der Waals surface area contributed by atoms with Gasteiger partial charge < -0.3 is 15.8 Å². The van der Waals surface area contributed by atoms with Crippen molar-refractivity contribution in [3.63, 3.8) is 0 Å². The molecule has 2 aliphatic rings. The summed E-state index contributed by atoms with van der Waals surface area (Å²) in [5.74, 6) is 0.754. The van der Waals surface area contributed by atoms with Crippen molar-refractivity contribution in [2.75, 3.05) is 19.8 Å². The molecule has 0 spiro atoms. The molecule has 4 nitrogen and oxygen atoms in total. The zero-order valence-electron chi connectivity index (χ0n) is 12.8. The number of rotatable bonds is 5. The summed E-state index contributed by atoms with van der Waals surface area (Å²) in [5.41, 5.74) is 6.03. The fraction of sp³-hybridized carbons (Fsp3) is 0.938. The molecule has 1 atom stereocenters. The Balaban J connectivity index is 1.81. The number of nitrogens with one attached hydrogen (secondary N) is 1. The highest BCUT2D eigenvalue weighted by atomic mass is 16.5. The van der Waals surface area contributed by atoms with Crippen molar-refractivity contribution in [3.05, 3.63) is 0 Å². The van der Waals surface area contributed by atoms with E-state index in [0.717, 1.165) is 38.9 Å². The molecule has 0 aromatic rings. The Morgan fingerprint density at radius 2 is 1.95 bits per heavy atom. The van der Waals surface area contributed by atoms with Gasteiger partial charge in [-0.05, 0) is 50.5 Å². The Kier molecular flexibility index (Phi) is 5.85. The van der Waals surface area contributed by atoms with Gasteiger partial charge in [0.15, 0.2) is 0 Å². The number of nitrogens with two attached hydrogens (primary N) is 1. The van der Waals surface area contributed by atoms with E-state index in [4.69, 9.17) is 10.5 Å². The highest BCUT2D eigenvalue weighted by Crippen LogP contribution is 2.38. The van der Waals surface area contributed by atoms with Crippen molar-refractivity contribution in [1.82, 2.24) is 5.32 Å². The van der Waals surface area contributed by atoms with Crippen LogP contribution in [0.3, 0.4) is 0 Å². The summed E-state index contributed by atoms with van der Waals surface area (Å²) in [6.07, 6.45) is 8.69. The minimum Gasteiger partial charge on any atom is -0.381 e. The molecule has 0 bridgehead atoms. The summed E-state index contributed by atoms with van der Waals surface area (Å²) in [4.78, 5) is 12.3. The number of ether oxygens (including phenoxy) is 1. The summed E-state index contributed by atoms with van der Waals surface area (Å²) in [6.45, 7) is 4.44. The van der Waals surface area contributed by atoms with Gasteiger partial charge in [0.05, 0.1) is 0 Å². The van der Waals surface area contributed by atoms with Crippen molar-refractivity contribution in [2.45, 2.75) is 64.3 Å². The average molecular weight is 282 g/mol. The van der Waals surface area contributed by atoms with Crippen LogP contribution < -0.4 is 11.1 Å². The lowest BCUT2D eigenvalue weighted by Crippen LogP contribution is -2.44. The first-order chi connectivity index (χ1) is 9.65. The van der Waals surface area contributed by atoms with E-state index >= 15 is 0 Å². The van der Waals surface area contributed by atoms with Crippen LogP contribution in [0.2, 0.25) is 0 Å². The Labute approximate surface area is 122 Å². The van der Waals surface area contributed by atoms with Crippen molar-refractivity contribution >= 4 is 5.91 Å². The molecule has 1 aliphatic heterocycles. The smallest absolute Gasteiger partial charge is 0.220 e. The molecule has 0 radical (unpaired) electrons. The van der Waals surface area contributed by atoms with Crippen LogP contribution in [0.1, 0.15) is 58.3 Å². The highest BCUT2D eigenvalue weighted by molar-refractivity contribution is 5.77. The fourth-order valence-corrected chi connectivity index (χ4v) is 3.73. The molecule has 0 aromatic carbocycles. The van der Waals surface area contributed by atoms with Crippen molar-refractivity contribution in [3.8, 4) is 0 Å². The second-order valence-corrected chi connectivity index (χ2v) is 6.75. The maximum atomic E-state index is 12.3. The minimum atomic E-state index is 0.0672. The molecule has 1 unspecified atom stereocenters. The Morgan fingerprint density at radius 1 is 1.30 bits per heavy atom. The molecule has 1 saturated heterocycles. The van der Waals surface area contributed by atoms with Crippen LogP contribution >= 0.6 is 0 Å². The first-order valence-corrected chi connectivity index (χ1v) is 8.22. The van der Waals surface area contributed by atoms with Gasteiger partial charge in [-0.25, -0.2) is 0 Å². The molecule has 2 rings (SSSR count). The first kappa shape index (κ1) is 15.8. The van der Waals surface area contributed by atoms with E-state index in [9.17, 15) is 4.79 Å². The number of amides is 1. The lowest BCUT2D eigenvalue weighted by Gasteiger charge is -2.36. The molecular weight excluding hydrogens is 252 g/mol. The van der Waals surface area contributed by atoms with E-state index in [2.05, 4.69) is 12.2 Å². The lowest BCUT2D eigenvalue weighted by atomic mass is 9.71. The number of carbonyl (C=O) groups is 1. The zero-order chi connectivity index (χ0) is 14.4. The number of carbonyl (C=O) groups excluding carboxylic acids is 1. The van der Waals surface area contributed by atoms with E-state index in [0.29, 0.717) is 18.9 Å². The van der Waals surface area contributed by atoms with Crippen molar-refractivity contribution < 1.29 is 9.53 Å². The van der Waals surface area contributed by atoms with Gasteiger partial charge in [-0.1, -0.05) is 19.3 Å². The third-order valence-electron chi connectivity index (χ3n) is 5.24. The Bertz CT molecular complexity index is 308. The van der Waals surface area contributed by atoms with Crippen molar-refractivity contribution in [2.24, 2.45) is 17.1 Å². The fourth-order valence-electron chi connectivity index (χ4n) is 3.73. The first-order valence-electron chi connectivity index (χ1n) is 8.22. The molecule has 20 heavy (non-hydrogen) atoms. The normalized spacial score (nSPS) is 25.1. The Morgan fingerprint density at radius 3 is 2.55 bits per heavy atom. The molecule has 1 saturated carbocycles. The van der Waals surface area contributed by atoms with E-state index in [1.54, 1.807) is 0 Å². The second kappa shape index (κ2) is 7.41. The van der Waals surface area contributed by atoms with Crippen LogP contribution in [0.4, 0.5) is 0 Å². The topological polar surface area (TPSA) is 64.4 Å². The van der Waals surface area contributed by atoms with Crippen LogP contribution in [0.5, 0.6) is 0 Å². The molecule has 0 aromatic heterocycles. The predicted molar refractivity (Wildman–Crippen MR) is 80.3 cm³/mol. The maximum absolute atomic E-state index is 12.3. The number of hydrogen-bond acceptors (Lipinski definition) is 3. The SMILES string of the molecule is CC(NC(=O)CC1(CN)CCCCC1)C1CCOCC1. The molecule has 116 valence electrons. The summed E-state index contributed by atoms with van der Waals surface area (Å²) >= 11 is 0. The van der Waals surface area contributed by atoms with E-state index in [-0.39, 0.29) is 17.4 Å². The standard InChI is InChI=1S/C16H30N2O2/c1-13(14-5-9-20-10-6-14)18-15(19)11-16(12-17)7-3-2-4-8-16/h13-14H,2-12,17H2,1H3,(H,18,19). The summed E-state index contributed by atoms with van der Waals surface area (Å²) in [6, 6.07) is 0.254. The second-order valence-electron chi connectivity index (χ2n) is 6.75. The van der Waals surface area contributed by atoms with Gasteiger partial charge >= 0.3 is 0 Å². The van der Waals surface area contributed by atoms with Gasteiger partial charge in [-0.2, -0.15) is 0 Å². The average Bonchev–Trinajstić information content (AvgIpc) is 2.49. The van der Waals surface area contributed by atoms with Crippen LogP contribution in [0.25, 0.3) is 0 Å². The summed E-state index contributed by atoms with van der Waals surface area (Å²) in [5, 5.41) is 3.21. The van der Waals surface area contributed by atoms with E-state index in [1.165, 1.54) is 19.3 Å². The van der Waals surface area contributed by atoms with Gasteiger partial charge in [-0.3, -0.25) is 4.79 Å². The third kappa shape index (κ3) is 4.19. The Hall–Kier alpha value is -0.610. The quantitative estimate of drug-likeness (QED) is 0.812. The molecule has 1 heterocycles. The highest BCUT2D eigenvalue weighted by Gasteiger charge is 2.33. The van der Waals surface area contributed by atoms with Gasteiger partial charge in [-0.15, -0.1) is 0 Å². The van der Waals surface area contributed by atoms with Gasteiger partial charge in [0.1, 0.15) is 0 Å². The molecule has 1 aliphatic carbocycles. The summed E-state index contributed by atoms with van der Waals surface area (Å²) in [7, 11) is 0. The van der Waals surface area contributed by atoms with Gasteiger partial charge in [0.2, 0.25) is 5.91 Å². The summed E-state index contributed by atoms with van der Waals surface area (Å²) < 4.78 is 5.38. The monoisotopic (exact) mass is 282 g/mol. The van der Waals surface area contributed by atoms with Gasteiger partial charge in [0, 0.05) is 25.7 Å². The molecule has 4 heteroatoms. The maximum Gasteiger partial charge on any atom is 0.220 e. The predicted octanol–water partition coefficient (Wildman–Crippen LogP) is 2.22. The van der Waals surface area contributed by atoms with Crippen LogP contribution in [0.15, 0.2) is 0 Å². The lowest BCUT2D eigenvalue weighted by molar-refractivity contribution is -0.125. The van der Waals surface area contributed by atoms with E-state index in [1.807, 2.05) is 0 Å². The molecule has 2 fully saturated rings. The molecular formula is C16H30N2O2. The number of hydrogen-bond donors (Lipinski definition) is 2. The minimum absolute atomic E-state index is 0.0672. The molecule has 3 N–H and O–H groups in total. The molecule has 1 amide bonds. The van der Waals surface area contributed by atoms with Crippen LogP contribution in [-0.2, 0) is 9.53 Å².